The smallest absolute Gasteiger partial charge is 0.330 e. The first-order chi connectivity index (χ1) is 9.17. The summed E-state index contributed by atoms with van der Waals surface area (Å²) in [6.45, 7) is 2.38. The molecule has 2 aromatic rings. The van der Waals surface area contributed by atoms with Crippen LogP contribution in [-0.2, 0) is 6.54 Å². The summed E-state index contributed by atoms with van der Waals surface area (Å²) in [6.07, 6.45) is 3.69. The van der Waals surface area contributed by atoms with Crippen molar-refractivity contribution in [1.82, 2.24) is 19.5 Å². The topological polar surface area (TPSA) is 83.5 Å². The van der Waals surface area contributed by atoms with Gasteiger partial charge in [0.2, 0.25) is 0 Å². The molecule has 2 unspecified atom stereocenters. The average Bonchev–Trinajstić information content (AvgIpc) is 2.83. The highest BCUT2D eigenvalue weighted by atomic mass is 16.2. The lowest BCUT2D eigenvalue weighted by molar-refractivity contribution is 0.596. The summed E-state index contributed by atoms with van der Waals surface area (Å²) in [5.74, 6) is 3.03. The molecule has 100 valence electrons. The first-order valence-corrected chi connectivity index (χ1v) is 6.90. The Morgan fingerprint density at radius 2 is 1.95 bits per heavy atom. The zero-order valence-electron chi connectivity index (χ0n) is 10.8. The van der Waals surface area contributed by atoms with Crippen molar-refractivity contribution in [2.24, 2.45) is 11.8 Å². The van der Waals surface area contributed by atoms with E-state index in [9.17, 15) is 9.59 Å². The quantitative estimate of drug-likeness (QED) is 0.843. The number of aryl methyl sites for hydroxylation is 1. The molecule has 2 N–H and O–H groups in total. The van der Waals surface area contributed by atoms with Crippen molar-refractivity contribution in [2.75, 3.05) is 0 Å². The minimum absolute atomic E-state index is 0.369. The molecule has 2 fully saturated rings. The van der Waals surface area contributed by atoms with Gasteiger partial charge >= 0.3 is 5.69 Å². The number of H-pyrrole nitrogens is 2. The lowest BCUT2D eigenvalue weighted by atomic mass is 10.0. The zero-order valence-corrected chi connectivity index (χ0v) is 10.8. The van der Waals surface area contributed by atoms with Crippen LogP contribution in [0.25, 0.3) is 11.2 Å². The second-order valence-corrected chi connectivity index (χ2v) is 5.75. The van der Waals surface area contributed by atoms with E-state index in [0.29, 0.717) is 23.6 Å². The van der Waals surface area contributed by atoms with Crippen LogP contribution in [0.3, 0.4) is 0 Å². The number of imidazole rings is 1. The summed E-state index contributed by atoms with van der Waals surface area (Å²) < 4.78 is 1.51. The predicted octanol–water partition coefficient (Wildman–Crippen LogP) is 0.946. The minimum Gasteiger partial charge on any atom is -0.336 e. The third-order valence-electron chi connectivity index (χ3n) is 4.60. The summed E-state index contributed by atoms with van der Waals surface area (Å²) in [6, 6.07) is 0. The van der Waals surface area contributed by atoms with E-state index in [1.165, 1.54) is 23.8 Å². The van der Waals surface area contributed by atoms with Crippen LogP contribution in [-0.4, -0.2) is 19.5 Å². The number of hydrogen-bond donors (Lipinski definition) is 2. The molecule has 0 bridgehead atoms. The van der Waals surface area contributed by atoms with Crippen molar-refractivity contribution in [1.29, 1.82) is 0 Å². The number of aromatic nitrogens is 4. The number of nitrogens with zero attached hydrogens (tertiary/aromatic N) is 2. The fourth-order valence-corrected chi connectivity index (χ4v) is 3.48. The van der Waals surface area contributed by atoms with Crippen LogP contribution in [0.5, 0.6) is 0 Å². The van der Waals surface area contributed by atoms with Gasteiger partial charge in [0.05, 0.1) is 0 Å². The molecule has 0 aromatic carbocycles. The molecule has 2 aromatic heterocycles. The first-order valence-electron chi connectivity index (χ1n) is 6.90. The van der Waals surface area contributed by atoms with E-state index in [1.807, 2.05) is 6.92 Å². The van der Waals surface area contributed by atoms with E-state index in [-0.39, 0.29) is 11.2 Å². The highest BCUT2D eigenvalue weighted by molar-refractivity contribution is 5.69. The Labute approximate surface area is 108 Å². The summed E-state index contributed by atoms with van der Waals surface area (Å²) in [7, 11) is 0. The van der Waals surface area contributed by atoms with Gasteiger partial charge in [0.1, 0.15) is 11.3 Å². The average molecular weight is 260 g/mol. The highest BCUT2D eigenvalue weighted by Gasteiger charge is 2.47. The molecular weight excluding hydrogens is 244 g/mol. The third-order valence-corrected chi connectivity index (χ3v) is 4.60. The van der Waals surface area contributed by atoms with E-state index in [1.54, 1.807) is 0 Å². The largest absolute Gasteiger partial charge is 0.336 e. The fourth-order valence-electron chi connectivity index (χ4n) is 3.48. The Bertz CT molecular complexity index is 759. The van der Waals surface area contributed by atoms with Crippen LogP contribution in [0.1, 0.15) is 37.9 Å². The molecule has 0 saturated heterocycles. The van der Waals surface area contributed by atoms with E-state index in [0.717, 1.165) is 17.7 Å². The normalized spacial score (nSPS) is 28.8. The van der Waals surface area contributed by atoms with Crippen LogP contribution in [0.4, 0.5) is 0 Å². The third kappa shape index (κ3) is 1.52. The fraction of sp³-hybridized carbons (Fsp3) is 0.615. The van der Waals surface area contributed by atoms with Crippen molar-refractivity contribution in [3.8, 4) is 0 Å². The number of hydrogen-bond acceptors (Lipinski definition) is 3. The van der Waals surface area contributed by atoms with Gasteiger partial charge in [0.25, 0.3) is 5.56 Å². The van der Waals surface area contributed by atoms with Crippen LogP contribution < -0.4 is 11.2 Å². The minimum atomic E-state index is -0.382. The Balaban J connectivity index is 1.88. The molecule has 2 aliphatic rings. The van der Waals surface area contributed by atoms with Crippen LogP contribution >= 0.6 is 0 Å². The molecule has 4 rings (SSSR count). The van der Waals surface area contributed by atoms with Crippen molar-refractivity contribution < 1.29 is 0 Å². The van der Waals surface area contributed by atoms with E-state index >= 15 is 0 Å². The number of nitrogens with one attached hydrogen (secondary N) is 2. The monoisotopic (exact) mass is 260 g/mol. The van der Waals surface area contributed by atoms with E-state index in [2.05, 4.69) is 15.0 Å². The SMILES string of the molecule is CCn1c(=O)[nH]c(=O)c2[nH]c(C3CC4CC4C3)nc21. The Morgan fingerprint density at radius 3 is 2.63 bits per heavy atom. The number of aromatic amines is 2. The summed E-state index contributed by atoms with van der Waals surface area (Å²) >= 11 is 0. The van der Waals surface area contributed by atoms with Gasteiger partial charge in [-0.3, -0.25) is 14.3 Å². The molecule has 19 heavy (non-hydrogen) atoms. The van der Waals surface area contributed by atoms with Gasteiger partial charge in [-0.25, -0.2) is 9.78 Å². The Hall–Kier alpha value is -1.85. The van der Waals surface area contributed by atoms with Crippen molar-refractivity contribution >= 4 is 11.2 Å². The molecule has 2 saturated carbocycles. The summed E-state index contributed by atoms with van der Waals surface area (Å²) in [5, 5.41) is 0. The van der Waals surface area contributed by atoms with Crippen molar-refractivity contribution in [2.45, 2.75) is 38.6 Å². The summed E-state index contributed by atoms with van der Waals surface area (Å²) in [5.41, 5.74) is 0.169. The predicted molar refractivity (Wildman–Crippen MR) is 70.2 cm³/mol. The highest BCUT2D eigenvalue weighted by Crippen LogP contribution is 2.57. The zero-order chi connectivity index (χ0) is 13.1. The number of fused-ring (bicyclic) bond motifs is 2. The molecule has 2 atom stereocenters. The molecule has 0 radical (unpaired) electrons. The van der Waals surface area contributed by atoms with Crippen LogP contribution in [0.2, 0.25) is 0 Å². The van der Waals surface area contributed by atoms with Gasteiger partial charge in [0, 0.05) is 12.5 Å². The molecule has 0 amide bonds. The maximum absolute atomic E-state index is 11.8. The maximum atomic E-state index is 11.8. The molecule has 6 heteroatoms. The Morgan fingerprint density at radius 1 is 1.21 bits per heavy atom. The molecule has 0 spiro atoms. The molecule has 6 nitrogen and oxygen atoms in total. The van der Waals surface area contributed by atoms with Crippen LogP contribution in [0.15, 0.2) is 9.59 Å². The lowest BCUT2D eigenvalue weighted by Crippen LogP contribution is -2.29. The molecule has 0 aliphatic heterocycles. The standard InChI is InChI=1S/C13H16N4O2/c1-2-17-11-9(12(18)16-13(17)19)14-10(15-11)8-4-6-3-7(6)5-8/h6-8H,2-5H2,1H3,(H,14,15)(H,16,18,19). The van der Waals surface area contributed by atoms with E-state index < -0.39 is 0 Å². The molecule has 2 aliphatic carbocycles. The van der Waals surface area contributed by atoms with Crippen molar-refractivity contribution in [3.05, 3.63) is 26.7 Å². The number of rotatable bonds is 2. The van der Waals surface area contributed by atoms with Gasteiger partial charge in [-0.2, -0.15) is 0 Å². The van der Waals surface area contributed by atoms with Gasteiger partial charge in [-0.05, 0) is 38.0 Å². The second-order valence-electron chi connectivity index (χ2n) is 5.75. The van der Waals surface area contributed by atoms with E-state index in [4.69, 9.17) is 0 Å². The lowest BCUT2D eigenvalue weighted by Gasteiger charge is -2.06. The maximum Gasteiger partial charge on any atom is 0.330 e. The summed E-state index contributed by atoms with van der Waals surface area (Å²) in [4.78, 5) is 33.6. The van der Waals surface area contributed by atoms with Gasteiger partial charge in [0.15, 0.2) is 5.65 Å². The van der Waals surface area contributed by atoms with Gasteiger partial charge < -0.3 is 4.98 Å². The molecular formula is C13H16N4O2. The first kappa shape index (κ1) is 11.0. The van der Waals surface area contributed by atoms with Crippen molar-refractivity contribution in [3.63, 3.8) is 0 Å². The Kier molecular flexibility index (Phi) is 2.08. The second kappa shape index (κ2) is 3.59. The van der Waals surface area contributed by atoms with Crippen LogP contribution in [0, 0.1) is 11.8 Å². The van der Waals surface area contributed by atoms with Gasteiger partial charge in [-0.15, -0.1) is 0 Å². The van der Waals surface area contributed by atoms with Gasteiger partial charge in [-0.1, -0.05) is 0 Å². The molecule has 2 heterocycles.